The zero-order valence-corrected chi connectivity index (χ0v) is 20.8. The molecule has 186 valence electrons. The van der Waals surface area contributed by atoms with Crippen LogP contribution in [0.3, 0.4) is 0 Å². The highest BCUT2D eigenvalue weighted by molar-refractivity contribution is 5.79. The van der Waals surface area contributed by atoms with Crippen LogP contribution in [-0.2, 0) is 10.3 Å². The first-order chi connectivity index (χ1) is 17.4. The molecule has 36 heavy (non-hydrogen) atoms. The first-order valence-electron chi connectivity index (χ1n) is 13.0. The van der Waals surface area contributed by atoms with Gasteiger partial charge in [-0.1, -0.05) is 60.7 Å². The number of benzene rings is 3. The fraction of sp³-hybridized carbons (Fsp3) is 0.387. The number of carbonyl (C=O) groups is 1. The summed E-state index contributed by atoms with van der Waals surface area (Å²) in [6, 6.07) is 20.0. The predicted molar refractivity (Wildman–Crippen MR) is 137 cm³/mol. The number of hydrogen-bond donors (Lipinski definition) is 1. The Bertz CT molecular complexity index is 1250. The van der Waals surface area contributed by atoms with E-state index >= 15 is 0 Å². The third-order valence-electron chi connectivity index (χ3n) is 8.53. The lowest BCUT2D eigenvalue weighted by atomic mass is 9.72. The van der Waals surface area contributed by atoms with Crippen molar-refractivity contribution in [2.24, 2.45) is 0 Å². The molecule has 3 aliphatic rings. The van der Waals surface area contributed by atoms with Crippen LogP contribution in [0.1, 0.15) is 65.8 Å². The average Bonchev–Trinajstić information content (AvgIpc) is 3.18. The molecule has 5 heteroatoms. The summed E-state index contributed by atoms with van der Waals surface area (Å²) in [7, 11) is 0. The molecule has 1 N–H and O–H groups in total. The average molecular weight is 486 g/mol. The Morgan fingerprint density at radius 1 is 0.972 bits per heavy atom. The van der Waals surface area contributed by atoms with Crippen molar-refractivity contribution in [3.05, 3.63) is 94.3 Å². The summed E-state index contributed by atoms with van der Waals surface area (Å²) in [6.45, 7) is 3.77. The lowest BCUT2D eigenvalue weighted by Crippen LogP contribution is -2.59. The summed E-state index contributed by atoms with van der Waals surface area (Å²) in [5.41, 5.74) is 5.58. The van der Waals surface area contributed by atoms with Crippen molar-refractivity contribution in [1.29, 1.82) is 0 Å². The summed E-state index contributed by atoms with van der Waals surface area (Å²) in [6.07, 6.45) is 3.29. The van der Waals surface area contributed by atoms with Crippen molar-refractivity contribution in [3.8, 4) is 11.1 Å². The minimum absolute atomic E-state index is 0.0214. The molecule has 2 atom stereocenters. The number of ether oxygens (including phenoxy) is 1. The number of carbonyl (C=O) groups excluding carboxylic acids is 1. The number of halogens is 1. The zero-order chi connectivity index (χ0) is 25.0. The summed E-state index contributed by atoms with van der Waals surface area (Å²) < 4.78 is 20.2. The standard InChI is InChI=1S/C31H32FNO3/c1-19-14-21(15-20(2)29(19)32)31(35)16-22-8-7-9-23(17-31)33(22)30(34)36-18-28-26-12-5-3-10-24(26)25-11-4-6-13-27(25)28/h3-6,10-15,22-23,28,35H,7-9,16-18H2,1-2H3. The van der Waals surface area contributed by atoms with Gasteiger partial charge < -0.3 is 14.7 Å². The molecule has 2 unspecified atom stereocenters. The van der Waals surface area contributed by atoms with Gasteiger partial charge in [0.05, 0.1) is 5.60 Å². The Kier molecular flexibility index (Phi) is 5.64. The Morgan fingerprint density at radius 3 is 2.06 bits per heavy atom. The molecule has 0 spiro atoms. The SMILES string of the molecule is Cc1cc(C2(O)CC3CCCC(C2)N3C(=O)OCC2c3ccccc3-c3ccccc32)cc(C)c1F. The van der Waals surface area contributed by atoms with E-state index in [9.17, 15) is 14.3 Å². The van der Waals surface area contributed by atoms with Gasteiger partial charge in [0, 0.05) is 30.8 Å². The van der Waals surface area contributed by atoms with Gasteiger partial charge in [0.1, 0.15) is 12.4 Å². The molecule has 2 aliphatic heterocycles. The van der Waals surface area contributed by atoms with Gasteiger partial charge in [-0.05, 0) is 72.1 Å². The smallest absolute Gasteiger partial charge is 0.410 e. The van der Waals surface area contributed by atoms with E-state index < -0.39 is 5.60 Å². The largest absolute Gasteiger partial charge is 0.448 e. The Morgan fingerprint density at radius 2 is 1.50 bits per heavy atom. The van der Waals surface area contributed by atoms with Crippen LogP contribution >= 0.6 is 0 Å². The molecule has 2 saturated heterocycles. The first-order valence-corrected chi connectivity index (χ1v) is 13.0. The van der Waals surface area contributed by atoms with Crippen molar-refractivity contribution in [1.82, 2.24) is 4.90 Å². The van der Waals surface area contributed by atoms with E-state index in [1.165, 1.54) is 22.3 Å². The van der Waals surface area contributed by atoms with Gasteiger partial charge >= 0.3 is 6.09 Å². The molecule has 6 rings (SSSR count). The molecule has 1 amide bonds. The lowest BCUT2D eigenvalue weighted by Gasteiger charge is -2.51. The highest BCUT2D eigenvalue weighted by Crippen LogP contribution is 2.47. The van der Waals surface area contributed by atoms with Crippen molar-refractivity contribution < 1.29 is 19.0 Å². The van der Waals surface area contributed by atoms with Crippen molar-refractivity contribution in [2.75, 3.05) is 6.61 Å². The molecule has 2 fully saturated rings. The maximum Gasteiger partial charge on any atom is 0.410 e. The minimum atomic E-state index is -1.07. The molecule has 0 saturated carbocycles. The van der Waals surface area contributed by atoms with Crippen LogP contribution in [-0.4, -0.2) is 34.8 Å². The zero-order valence-electron chi connectivity index (χ0n) is 20.8. The van der Waals surface area contributed by atoms with Crippen LogP contribution in [0, 0.1) is 19.7 Å². The number of piperidine rings is 2. The summed E-state index contributed by atoms with van der Waals surface area (Å²) in [4.78, 5) is 15.3. The molecule has 3 aromatic carbocycles. The number of nitrogens with zero attached hydrogens (tertiary/aromatic N) is 1. The second-order valence-corrected chi connectivity index (χ2v) is 10.8. The van der Waals surface area contributed by atoms with E-state index in [-0.39, 0.29) is 29.9 Å². The molecule has 1 aliphatic carbocycles. The van der Waals surface area contributed by atoms with Crippen molar-refractivity contribution >= 4 is 6.09 Å². The van der Waals surface area contributed by atoms with E-state index in [4.69, 9.17) is 4.74 Å². The van der Waals surface area contributed by atoms with Gasteiger partial charge in [-0.3, -0.25) is 0 Å². The summed E-state index contributed by atoms with van der Waals surface area (Å²) in [5, 5.41) is 11.7. The van der Waals surface area contributed by atoms with Crippen LogP contribution < -0.4 is 0 Å². The quantitative estimate of drug-likeness (QED) is 0.455. The second-order valence-electron chi connectivity index (χ2n) is 10.8. The number of rotatable bonds is 3. The number of amides is 1. The molecular weight excluding hydrogens is 453 g/mol. The maximum absolute atomic E-state index is 14.2. The molecule has 3 aromatic rings. The van der Waals surface area contributed by atoms with Gasteiger partial charge in [-0.15, -0.1) is 0 Å². The normalized spacial score (nSPS) is 24.8. The van der Waals surface area contributed by atoms with Gasteiger partial charge in [-0.2, -0.15) is 0 Å². The van der Waals surface area contributed by atoms with E-state index in [0.717, 1.165) is 24.8 Å². The lowest BCUT2D eigenvalue weighted by molar-refractivity contribution is -0.0891. The van der Waals surface area contributed by atoms with Gasteiger partial charge in [0.25, 0.3) is 0 Å². The Hall–Kier alpha value is -3.18. The fourth-order valence-electron chi connectivity index (χ4n) is 6.85. The van der Waals surface area contributed by atoms with E-state index in [1.807, 2.05) is 29.2 Å². The maximum atomic E-state index is 14.2. The van der Waals surface area contributed by atoms with E-state index in [1.54, 1.807) is 26.0 Å². The molecule has 0 radical (unpaired) electrons. The molecule has 0 aromatic heterocycles. The van der Waals surface area contributed by atoms with Gasteiger partial charge in [-0.25, -0.2) is 9.18 Å². The van der Waals surface area contributed by atoms with Crippen LogP contribution in [0.5, 0.6) is 0 Å². The molecule has 4 nitrogen and oxygen atoms in total. The predicted octanol–water partition coefficient (Wildman–Crippen LogP) is 6.60. The van der Waals surface area contributed by atoms with Gasteiger partial charge in [0.15, 0.2) is 0 Å². The molecule has 2 heterocycles. The number of hydrogen-bond acceptors (Lipinski definition) is 3. The number of aliphatic hydroxyl groups is 1. The highest BCUT2D eigenvalue weighted by atomic mass is 19.1. The first kappa shape index (κ1) is 23.2. The van der Waals surface area contributed by atoms with Crippen LogP contribution in [0.4, 0.5) is 9.18 Å². The van der Waals surface area contributed by atoms with Crippen molar-refractivity contribution in [2.45, 2.75) is 69.6 Å². The molecule has 2 bridgehead atoms. The number of aryl methyl sites for hydroxylation is 2. The van der Waals surface area contributed by atoms with Crippen LogP contribution in [0.2, 0.25) is 0 Å². The fourth-order valence-corrected chi connectivity index (χ4v) is 6.85. The third kappa shape index (κ3) is 3.72. The van der Waals surface area contributed by atoms with Crippen molar-refractivity contribution in [3.63, 3.8) is 0 Å². The van der Waals surface area contributed by atoms with E-state index in [0.29, 0.717) is 30.6 Å². The molecular formula is C31H32FNO3. The van der Waals surface area contributed by atoms with Gasteiger partial charge in [0.2, 0.25) is 0 Å². The summed E-state index contributed by atoms with van der Waals surface area (Å²) >= 11 is 0. The van der Waals surface area contributed by atoms with Crippen LogP contribution in [0.15, 0.2) is 60.7 Å². The Labute approximate surface area is 211 Å². The topological polar surface area (TPSA) is 49.8 Å². The second kappa shape index (κ2) is 8.74. The minimum Gasteiger partial charge on any atom is -0.448 e. The van der Waals surface area contributed by atoms with Crippen LogP contribution in [0.25, 0.3) is 11.1 Å². The third-order valence-corrected chi connectivity index (χ3v) is 8.53. The van der Waals surface area contributed by atoms with E-state index in [2.05, 4.69) is 24.3 Å². The monoisotopic (exact) mass is 485 g/mol. The highest BCUT2D eigenvalue weighted by Gasteiger charge is 2.49. The Balaban J connectivity index is 1.21. The number of fused-ring (bicyclic) bond motifs is 5. The summed E-state index contributed by atoms with van der Waals surface area (Å²) in [5.74, 6) is -0.202.